The lowest BCUT2D eigenvalue weighted by atomic mass is 10.1. The number of ether oxygens (including phenoxy) is 1. The molecule has 16 heavy (non-hydrogen) atoms. The lowest BCUT2D eigenvalue weighted by Gasteiger charge is -2.12. The lowest BCUT2D eigenvalue weighted by Crippen LogP contribution is -2.05. The lowest BCUT2D eigenvalue weighted by molar-refractivity contribution is 0.287. The van der Waals surface area contributed by atoms with Crippen LogP contribution in [0.25, 0.3) is 0 Å². The van der Waals surface area contributed by atoms with Gasteiger partial charge in [0.15, 0.2) is 9.84 Å². The third-order valence-corrected chi connectivity index (χ3v) is 3.48. The van der Waals surface area contributed by atoms with Gasteiger partial charge in [0, 0.05) is 18.4 Å². The maximum Gasteiger partial charge on any atom is 0.175 e. The first-order valence-corrected chi connectivity index (χ1v) is 6.86. The number of aliphatic hydroxyl groups is 1. The molecule has 1 aromatic carbocycles. The van der Waals surface area contributed by atoms with Crippen molar-refractivity contribution in [2.45, 2.75) is 17.7 Å². The molecule has 5 heteroatoms. The van der Waals surface area contributed by atoms with E-state index in [1.165, 1.54) is 13.4 Å². The smallest absolute Gasteiger partial charge is 0.175 e. The van der Waals surface area contributed by atoms with E-state index in [2.05, 4.69) is 0 Å². The number of aliphatic hydroxyl groups excluding tert-OH is 1. The number of hydrogen-bond acceptors (Lipinski definition) is 4. The molecule has 4 nitrogen and oxygen atoms in total. The molecule has 0 aliphatic carbocycles. The third-order valence-electron chi connectivity index (χ3n) is 2.29. The van der Waals surface area contributed by atoms with Gasteiger partial charge < -0.3 is 9.84 Å². The topological polar surface area (TPSA) is 63.6 Å². The third kappa shape index (κ3) is 2.96. The second-order valence-corrected chi connectivity index (χ2v) is 5.52. The molecule has 0 aliphatic heterocycles. The largest absolute Gasteiger partial charge is 0.496 e. The van der Waals surface area contributed by atoms with Crippen molar-refractivity contribution in [3.8, 4) is 5.75 Å². The summed E-state index contributed by atoms with van der Waals surface area (Å²) in [7, 11) is -1.75. The molecule has 0 heterocycles. The highest BCUT2D eigenvalue weighted by Gasteiger charge is 2.16. The van der Waals surface area contributed by atoms with Crippen LogP contribution in [0, 0.1) is 0 Å². The standard InChI is InChI=1S/C11H16O4S/c1-15-10-6-3-7-11(16(2,13)14)9(10)5-4-8-12/h3,6-7,12H,4-5,8H2,1-2H3. The average molecular weight is 244 g/mol. The fourth-order valence-corrected chi connectivity index (χ4v) is 2.56. The average Bonchev–Trinajstić information content (AvgIpc) is 2.24. The Balaban J connectivity index is 3.26. The van der Waals surface area contributed by atoms with Crippen LogP contribution in [-0.4, -0.2) is 33.5 Å². The normalized spacial score (nSPS) is 11.4. The van der Waals surface area contributed by atoms with Crippen molar-refractivity contribution >= 4 is 9.84 Å². The van der Waals surface area contributed by atoms with E-state index in [1.807, 2.05) is 0 Å². The van der Waals surface area contributed by atoms with Gasteiger partial charge in [0.05, 0.1) is 12.0 Å². The molecule has 0 atom stereocenters. The van der Waals surface area contributed by atoms with E-state index in [0.29, 0.717) is 24.2 Å². The highest BCUT2D eigenvalue weighted by molar-refractivity contribution is 7.90. The Kier molecular flexibility index (Phi) is 4.32. The molecule has 0 spiro atoms. The molecule has 1 rings (SSSR count). The Hall–Kier alpha value is -1.07. The molecule has 0 fully saturated rings. The van der Waals surface area contributed by atoms with Crippen molar-refractivity contribution in [2.75, 3.05) is 20.0 Å². The SMILES string of the molecule is COc1cccc(S(C)(=O)=O)c1CCCO. The van der Waals surface area contributed by atoms with Gasteiger partial charge in [-0.3, -0.25) is 0 Å². The monoisotopic (exact) mass is 244 g/mol. The van der Waals surface area contributed by atoms with Crippen LogP contribution in [0.5, 0.6) is 5.75 Å². The molecule has 0 saturated carbocycles. The van der Waals surface area contributed by atoms with E-state index in [0.717, 1.165) is 0 Å². The molecule has 90 valence electrons. The second kappa shape index (κ2) is 5.32. The zero-order chi connectivity index (χ0) is 12.2. The summed E-state index contributed by atoms with van der Waals surface area (Å²) in [5, 5.41) is 8.79. The molecule has 0 saturated heterocycles. The Labute approximate surface area is 95.8 Å². The number of rotatable bonds is 5. The first-order valence-electron chi connectivity index (χ1n) is 4.97. The summed E-state index contributed by atoms with van der Waals surface area (Å²) in [6.45, 7) is 0.0290. The van der Waals surface area contributed by atoms with Gasteiger partial charge in [-0.15, -0.1) is 0 Å². The Bertz CT molecular complexity index is 451. The van der Waals surface area contributed by atoms with Crippen molar-refractivity contribution in [3.63, 3.8) is 0 Å². The first kappa shape index (κ1) is 13.0. The summed E-state index contributed by atoms with van der Waals surface area (Å²) >= 11 is 0. The fourth-order valence-electron chi connectivity index (χ4n) is 1.59. The van der Waals surface area contributed by atoms with Crippen LogP contribution in [-0.2, 0) is 16.3 Å². The molecule has 0 amide bonds. The van der Waals surface area contributed by atoms with Crippen molar-refractivity contribution in [1.82, 2.24) is 0 Å². The van der Waals surface area contributed by atoms with Gasteiger partial charge in [-0.2, -0.15) is 0 Å². The van der Waals surface area contributed by atoms with Gasteiger partial charge >= 0.3 is 0 Å². The van der Waals surface area contributed by atoms with E-state index in [4.69, 9.17) is 9.84 Å². The van der Waals surface area contributed by atoms with Gasteiger partial charge in [-0.1, -0.05) is 6.07 Å². The molecule has 0 radical (unpaired) electrons. The van der Waals surface area contributed by atoms with E-state index in [-0.39, 0.29) is 11.5 Å². The summed E-state index contributed by atoms with van der Waals surface area (Å²) in [5.41, 5.74) is 0.640. The maximum absolute atomic E-state index is 11.6. The number of sulfone groups is 1. The van der Waals surface area contributed by atoms with E-state index >= 15 is 0 Å². The zero-order valence-electron chi connectivity index (χ0n) is 9.43. The van der Waals surface area contributed by atoms with Crippen molar-refractivity contribution in [3.05, 3.63) is 23.8 Å². The highest BCUT2D eigenvalue weighted by Crippen LogP contribution is 2.27. The van der Waals surface area contributed by atoms with Gasteiger partial charge in [-0.25, -0.2) is 8.42 Å². The second-order valence-electron chi connectivity index (χ2n) is 3.54. The summed E-state index contributed by atoms with van der Waals surface area (Å²) in [6.07, 6.45) is 2.18. The Morgan fingerprint density at radius 1 is 1.38 bits per heavy atom. The van der Waals surface area contributed by atoms with Crippen LogP contribution in [0.15, 0.2) is 23.1 Å². The number of hydrogen-bond donors (Lipinski definition) is 1. The molecule has 1 N–H and O–H groups in total. The summed E-state index contributed by atoms with van der Waals surface area (Å²) < 4.78 is 28.3. The molecule has 1 aromatic rings. The minimum absolute atomic E-state index is 0.0290. The Morgan fingerprint density at radius 3 is 2.56 bits per heavy atom. The van der Waals surface area contributed by atoms with E-state index in [1.54, 1.807) is 18.2 Å². The van der Waals surface area contributed by atoms with Crippen molar-refractivity contribution < 1.29 is 18.3 Å². The van der Waals surface area contributed by atoms with Crippen molar-refractivity contribution in [1.29, 1.82) is 0 Å². The minimum Gasteiger partial charge on any atom is -0.496 e. The quantitative estimate of drug-likeness (QED) is 0.840. The molecule has 0 bridgehead atoms. The summed E-state index contributed by atoms with van der Waals surface area (Å²) in [6, 6.07) is 4.93. The molecular formula is C11H16O4S. The predicted octanol–water partition coefficient (Wildman–Crippen LogP) is 1.02. The van der Waals surface area contributed by atoms with Crippen LogP contribution in [0.3, 0.4) is 0 Å². The highest BCUT2D eigenvalue weighted by atomic mass is 32.2. The summed E-state index contributed by atoms with van der Waals surface area (Å²) in [5.74, 6) is 0.552. The summed E-state index contributed by atoms with van der Waals surface area (Å²) in [4.78, 5) is 0.278. The van der Waals surface area contributed by atoms with Crippen LogP contribution in [0.4, 0.5) is 0 Å². The Morgan fingerprint density at radius 2 is 2.06 bits per heavy atom. The van der Waals surface area contributed by atoms with Crippen LogP contribution < -0.4 is 4.74 Å². The van der Waals surface area contributed by atoms with Crippen LogP contribution in [0.1, 0.15) is 12.0 Å². The van der Waals surface area contributed by atoms with E-state index in [9.17, 15) is 8.42 Å². The molecular weight excluding hydrogens is 228 g/mol. The number of benzene rings is 1. The van der Waals surface area contributed by atoms with Gasteiger partial charge in [0.1, 0.15) is 5.75 Å². The first-order chi connectivity index (χ1) is 7.50. The van der Waals surface area contributed by atoms with Gasteiger partial charge in [0.2, 0.25) is 0 Å². The minimum atomic E-state index is -3.26. The predicted molar refractivity (Wildman–Crippen MR) is 61.5 cm³/mol. The van der Waals surface area contributed by atoms with Gasteiger partial charge in [0.25, 0.3) is 0 Å². The van der Waals surface area contributed by atoms with Crippen molar-refractivity contribution in [2.24, 2.45) is 0 Å². The number of methoxy groups -OCH3 is 1. The fraction of sp³-hybridized carbons (Fsp3) is 0.455. The molecule has 0 unspecified atom stereocenters. The zero-order valence-corrected chi connectivity index (χ0v) is 10.3. The van der Waals surface area contributed by atoms with E-state index < -0.39 is 9.84 Å². The maximum atomic E-state index is 11.6. The van der Waals surface area contributed by atoms with Crippen LogP contribution >= 0.6 is 0 Å². The molecule has 0 aromatic heterocycles. The van der Waals surface area contributed by atoms with Crippen LogP contribution in [0.2, 0.25) is 0 Å². The van der Waals surface area contributed by atoms with Gasteiger partial charge in [-0.05, 0) is 25.0 Å². The molecule has 0 aliphatic rings.